The van der Waals surface area contributed by atoms with E-state index in [2.05, 4.69) is 0 Å². The van der Waals surface area contributed by atoms with E-state index >= 15 is 0 Å². The average molecular weight is 236 g/mol. The molecule has 0 amide bonds. The Kier molecular flexibility index (Phi) is 1.96. The molecule has 2 heteroatoms. The van der Waals surface area contributed by atoms with Gasteiger partial charge in [-0.05, 0) is 81.5 Å². The number of rotatable bonds is 0. The highest BCUT2D eigenvalue weighted by Gasteiger charge is 2.63. The van der Waals surface area contributed by atoms with E-state index in [0.29, 0.717) is 29.6 Å². The number of hydrogen-bond acceptors (Lipinski definition) is 2. The van der Waals surface area contributed by atoms with Crippen LogP contribution < -0.4 is 0 Å². The summed E-state index contributed by atoms with van der Waals surface area (Å²) in [5.74, 6) is 2.66. The summed E-state index contributed by atoms with van der Waals surface area (Å²) in [4.78, 5) is 0. The second kappa shape index (κ2) is 3.08. The summed E-state index contributed by atoms with van der Waals surface area (Å²) in [5, 5.41) is 21.8. The molecule has 4 aliphatic carbocycles. The summed E-state index contributed by atoms with van der Waals surface area (Å²) in [5.41, 5.74) is -0.921. The maximum Gasteiger partial charge on any atom is 0.0710 e. The fraction of sp³-hybridized carbons (Fsp3) is 1.00. The van der Waals surface area contributed by atoms with E-state index in [1.54, 1.807) is 0 Å². The van der Waals surface area contributed by atoms with Gasteiger partial charge in [-0.3, -0.25) is 0 Å². The van der Waals surface area contributed by atoms with Crippen LogP contribution in [0.2, 0.25) is 0 Å². The quantitative estimate of drug-likeness (QED) is 0.677. The zero-order chi connectivity index (χ0) is 11.8. The molecule has 4 aliphatic rings. The molecule has 7 atom stereocenters. The first-order valence-electron chi connectivity index (χ1n) is 7.44. The summed E-state index contributed by atoms with van der Waals surface area (Å²) in [6, 6.07) is 0. The molecule has 4 fully saturated rings. The monoisotopic (exact) mass is 236 g/mol. The maximum absolute atomic E-state index is 11.1. The molecule has 0 saturated heterocycles. The molecule has 2 nitrogen and oxygen atoms in total. The summed E-state index contributed by atoms with van der Waals surface area (Å²) >= 11 is 0. The molecule has 0 spiro atoms. The van der Waals surface area contributed by atoms with E-state index in [1.165, 1.54) is 32.1 Å². The molecule has 0 heterocycles. The SMILES string of the molecule is CC1(O)CC2CC3CCC4CC1C(C2)C3(O)C4. The van der Waals surface area contributed by atoms with Gasteiger partial charge in [-0.25, -0.2) is 0 Å². The number of aliphatic hydroxyl groups is 2. The van der Waals surface area contributed by atoms with Crippen molar-refractivity contribution in [3.05, 3.63) is 0 Å². The predicted octanol–water partition coefficient (Wildman–Crippen LogP) is 2.33. The van der Waals surface area contributed by atoms with Crippen LogP contribution in [0.25, 0.3) is 0 Å². The first-order valence-corrected chi connectivity index (χ1v) is 7.44. The van der Waals surface area contributed by atoms with Gasteiger partial charge in [0.25, 0.3) is 0 Å². The highest BCUT2D eigenvalue weighted by molar-refractivity contribution is 5.13. The Balaban J connectivity index is 1.80. The minimum Gasteiger partial charge on any atom is -0.390 e. The minimum atomic E-state index is -0.511. The van der Waals surface area contributed by atoms with Crippen LogP contribution in [0, 0.1) is 29.6 Å². The van der Waals surface area contributed by atoms with Crippen LogP contribution in [-0.4, -0.2) is 21.4 Å². The van der Waals surface area contributed by atoms with Crippen molar-refractivity contribution in [1.82, 2.24) is 0 Å². The van der Waals surface area contributed by atoms with Gasteiger partial charge in [-0.15, -0.1) is 0 Å². The van der Waals surface area contributed by atoms with Crippen molar-refractivity contribution >= 4 is 0 Å². The highest BCUT2D eigenvalue weighted by Crippen LogP contribution is 2.63. The molecule has 96 valence electrons. The van der Waals surface area contributed by atoms with Gasteiger partial charge >= 0.3 is 0 Å². The lowest BCUT2D eigenvalue weighted by atomic mass is 9.44. The molecule has 0 radical (unpaired) electrons. The van der Waals surface area contributed by atoms with Gasteiger partial charge in [0.05, 0.1) is 11.2 Å². The standard InChI is InChI=1S/C15H24O2/c1-14(16)7-10-4-11-3-2-9-5-12(14)13(6-10)15(11,17)8-9/h9-13,16-17H,2-8H2,1H3. The minimum absolute atomic E-state index is 0.366. The Labute approximate surface area is 103 Å². The van der Waals surface area contributed by atoms with Crippen LogP contribution in [0.1, 0.15) is 51.9 Å². The third-order valence-corrected chi connectivity index (χ3v) is 6.67. The Hall–Kier alpha value is -0.0800. The lowest BCUT2D eigenvalue weighted by molar-refractivity contribution is -0.242. The average Bonchev–Trinajstić information content (AvgIpc) is 2.25. The van der Waals surface area contributed by atoms with Crippen molar-refractivity contribution in [2.75, 3.05) is 0 Å². The maximum atomic E-state index is 11.1. The van der Waals surface area contributed by atoms with Crippen molar-refractivity contribution in [1.29, 1.82) is 0 Å². The van der Waals surface area contributed by atoms with Gasteiger partial charge in [-0.1, -0.05) is 0 Å². The summed E-state index contributed by atoms with van der Waals surface area (Å²) in [6.07, 6.45) is 8.06. The van der Waals surface area contributed by atoms with Crippen LogP contribution in [0.4, 0.5) is 0 Å². The van der Waals surface area contributed by atoms with E-state index in [9.17, 15) is 10.2 Å². The van der Waals surface area contributed by atoms with Crippen molar-refractivity contribution in [3.63, 3.8) is 0 Å². The molecule has 0 aliphatic heterocycles. The zero-order valence-electron chi connectivity index (χ0n) is 10.7. The van der Waals surface area contributed by atoms with Crippen LogP contribution in [0.3, 0.4) is 0 Å². The van der Waals surface area contributed by atoms with Crippen LogP contribution >= 0.6 is 0 Å². The van der Waals surface area contributed by atoms with Gasteiger partial charge in [0, 0.05) is 0 Å². The van der Waals surface area contributed by atoms with E-state index in [0.717, 1.165) is 12.8 Å². The van der Waals surface area contributed by atoms with Gasteiger partial charge in [0.15, 0.2) is 0 Å². The highest BCUT2D eigenvalue weighted by atomic mass is 16.3. The number of fused-ring (bicyclic) bond motifs is 2. The predicted molar refractivity (Wildman–Crippen MR) is 65.3 cm³/mol. The van der Waals surface area contributed by atoms with Gasteiger partial charge in [0.1, 0.15) is 0 Å². The fourth-order valence-corrected chi connectivity index (χ4v) is 6.08. The van der Waals surface area contributed by atoms with Gasteiger partial charge in [0.2, 0.25) is 0 Å². The molecule has 4 rings (SSSR count). The van der Waals surface area contributed by atoms with Crippen LogP contribution in [0.5, 0.6) is 0 Å². The fourth-order valence-electron chi connectivity index (χ4n) is 6.08. The molecule has 17 heavy (non-hydrogen) atoms. The molecular formula is C15H24O2. The van der Waals surface area contributed by atoms with Crippen molar-refractivity contribution in [2.24, 2.45) is 29.6 Å². The molecule has 4 bridgehead atoms. The topological polar surface area (TPSA) is 40.5 Å². The Morgan fingerprint density at radius 3 is 2.47 bits per heavy atom. The van der Waals surface area contributed by atoms with Gasteiger partial charge in [-0.2, -0.15) is 0 Å². The molecular weight excluding hydrogens is 212 g/mol. The van der Waals surface area contributed by atoms with Crippen LogP contribution in [0.15, 0.2) is 0 Å². The van der Waals surface area contributed by atoms with Crippen molar-refractivity contribution in [2.45, 2.75) is 63.1 Å². The van der Waals surface area contributed by atoms with Crippen LogP contribution in [-0.2, 0) is 0 Å². The Bertz CT molecular complexity index is 349. The third kappa shape index (κ3) is 1.29. The van der Waals surface area contributed by atoms with Crippen molar-refractivity contribution < 1.29 is 10.2 Å². The van der Waals surface area contributed by atoms with E-state index in [4.69, 9.17) is 0 Å². The summed E-state index contributed by atoms with van der Waals surface area (Å²) in [6.45, 7) is 2.03. The Morgan fingerprint density at radius 1 is 0.882 bits per heavy atom. The first-order chi connectivity index (χ1) is 7.99. The zero-order valence-corrected chi connectivity index (χ0v) is 10.7. The molecule has 0 aromatic carbocycles. The van der Waals surface area contributed by atoms with E-state index in [1.807, 2.05) is 6.92 Å². The van der Waals surface area contributed by atoms with Crippen molar-refractivity contribution in [3.8, 4) is 0 Å². The third-order valence-electron chi connectivity index (χ3n) is 6.67. The second-order valence-electron chi connectivity index (χ2n) is 7.68. The lowest BCUT2D eigenvalue weighted by Gasteiger charge is -2.64. The molecule has 0 aromatic heterocycles. The second-order valence-corrected chi connectivity index (χ2v) is 7.68. The molecule has 4 saturated carbocycles. The van der Waals surface area contributed by atoms with E-state index < -0.39 is 11.2 Å². The Morgan fingerprint density at radius 2 is 1.65 bits per heavy atom. The van der Waals surface area contributed by atoms with Gasteiger partial charge < -0.3 is 10.2 Å². The number of hydrogen-bond donors (Lipinski definition) is 2. The molecule has 2 N–H and O–H groups in total. The summed E-state index contributed by atoms with van der Waals surface area (Å²) < 4.78 is 0. The summed E-state index contributed by atoms with van der Waals surface area (Å²) in [7, 11) is 0. The first kappa shape index (κ1) is 10.8. The largest absolute Gasteiger partial charge is 0.390 e. The molecule has 0 aromatic rings. The lowest BCUT2D eigenvalue weighted by Crippen LogP contribution is -2.65. The van der Waals surface area contributed by atoms with E-state index in [-0.39, 0.29) is 0 Å². The molecule has 7 unspecified atom stereocenters. The smallest absolute Gasteiger partial charge is 0.0710 e. The normalized spacial score (nSPS) is 64.8.